The second-order valence-electron chi connectivity index (χ2n) is 4.02. The largest absolute Gasteiger partial charge is 0.379 e. The second kappa shape index (κ2) is 6.46. The van der Waals surface area contributed by atoms with E-state index in [9.17, 15) is 14.9 Å². The maximum Gasteiger partial charge on any atom is 0.293 e. The van der Waals surface area contributed by atoms with Gasteiger partial charge in [0, 0.05) is 12.6 Å². The van der Waals surface area contributed by atoms with Gasteiger partial charge in [0.1, 0.15) is 5.69 Å². The lowest BCUT2D eigenvalue weighted by Crippen LogP contribution is -2.24. The minimum atomic E-state index is -0.534. The average molecular weight is 291 g/mol. The van der Waals surface area contributed by atoms with Gasteiger partial charge in [-0.2, -0.15) is 4.98 Å². The zero-order chi connectivity index (χ0) is 15.2. The summed E-state index contributed by atoms with van der Waals surface area (Å²) < 4.78 is 4.55. The van der Waals surface area contributed by atoms with Gasteiger partial charge in [-0.1, -0.05) is 11.2 Å². The highest BCUT2D eigenvalue weighted by molar-refractivity contribution is 6.01. The molecular weight excluding hydrogens is 278 g/mol. The number of carbonyl (C=O) groups is 1. The third kappa shape index (κ3) is 3.32. The molecule has 1 amide bonds. The molecule has 0 aliphatic rings. The molecule has 2 aromatic rings. The zero-order valence-electron chi connectivity index (χ0n) is 11.2. The number of nitro groups is 1. The Labute approximate surface area is 119 Å². The number of para-hydroxylation sites is 1. The highest BCUT2D eigenvalue weighted by Gasteiger charge is 2.21. The van der Waals surface area contributed by atoms with Gasteiger partial charge in [-0.05, 0) is 13.0 Å². The monoisotopic (exact) mass is 291 g/mol. The predicted molar refractivity (Wildman–Crippen MR) is 72.7 cm³/mol. The molecule has 2 N–H and O–H groups in total. The van der Waals surface area contributed by atoms with Crippen LogP contribution in [0.4, 0.5) is 11.4 Å². The van der Waals surface area contributed by atoms with E-state index in [1.807, 2.05) is 0 Å². The fourth-order valence-corrected chi connectivity index (χ4v) is 1.77. The highest BCUT2D eigenvalue weighted by atomic mass is 16.6. The lowest BCUT2D eigenvalue weighted by molar-refractivity contribution is -0.384. The number of hydrogen-bond acceptors (Lipinski definition) is 7. The molecule has 110 valence electrons. The van der Waals surface area contributed by atoms with Gasteiger partial charge in [-0.15, -0.1) is 0 Å². The van der Waals surface area contributed by atoms with Crippen LogP contribution in [0, 0.1) is 10.1 Å². The molecule has 0 spiro atoms. The maximum absolute atomic E-state index is 12.2. The highest BCUT2D eigenvalue weighted by Crippen LogP contribution is 2.28. The quantitative estimate of drug-likeness (QED) is 0.608. The SMILES string of the molecule is CCNc1c(C(=O)NCc2ncon2)cccc1[N+](=O)[O-]. The van der Waals surface area contributed by atoms with Crippen LogP contribution in [-0.2, 0) is 6.54 Å². The fraction of sp³-hybridized carbons (Fsp3) is 0.250. The number of nitrogens with one attached hydrogen (secondary N) is 2. The summed E-state index contributed by atoms with van der Waals surface area (Å²) in [5, 5.41) is 20.0. The van der Waals surface area contributed by atoms with Gasteiger partial charge < -0.3 is 15.2 Å². The van der Waals surface area contributed by atoms with Crippen molar-refractivity contribution in [2.24, 2.45) is 0 Å². The van der Waals surface area contributed by atoms with Gasteiger partial charge in [0.15, 0.2) is 5.82 Å². The minimum Gasteiger partial charge on any atom is -0.379 e. The van der Waals surface area contributed by atoms with E-state index in [1.54, 1.807) is 6.92 Å². The van der Waals surface area contributed by atoms with E-state index in [4.69, 9.17) is 0 Å². The van der Waals surface area contributed by atoms with Gasteiger partial charge in [-0.3, -0.25) is 14.9 Å². The first-order chi connectivity index (χ1) is 10.1. The summed E-state index contributed by atoms with van der Waals surface area (Å²) in [6.07, 6.45) is 1.15. The summed E-state index contributed by atoms with van der Waals surface area (Å²) in [4.78, 5) is 26.4. The topological polar surface area (TPSA) is 123 Å². The number of anilines is 1. The number of amides is 1. The molecule has 0 atom stereocenters. The van der Waals surface area contributed by atoms with Crippen molar-refractivity contribution >= 4 is 17.3 Å². The normalized spacial score (nSPS) is 10.1. The fourth-order valence-electron chi connectivity index (χ4n) is 1.77. The Morgan fingerprint density at radius 1 is 1.48 bits per heavy atom. The Bertz CT molecular complexity index is 641. The molecule has 0 saturated carbocycles. The van der Waals surface area contributed by atoms with Crippen molar-refractivity contribution in [3.63, 3.8) is 0 Å². The van der Waals surface area contributed by atoms with Crippen molar-refractivity contribution in [3.05, 3.63) is 46.1 Å². The lowest BCUT2D eigenvalue weighted by atomic mass is 10.1. The van der Waals surface area contributed by atoms with Gasteiger partial charge in [-0.25, -0.2) is 0 Å². The first-order valence-corrected chi connectivity index (χ1v) is 6.18. The van der Waals surface area contributed by atoms with E-state index in [2.05, 4.69) is 25.3 Å². The molecule has 0 radical (unpaired) electrons. The standard InChI is InChI=1S/C12H13N5O4/c1-2-13-11-8(4-3-5-9(11)17(19)20)12(18)14-6-10-15-7-21-16-10/h3-5,7,13H,2,6H2,1H3,(H,14,18). The van der Waals surface area contributed by atoms with Gasteiger partial charge in [0.2, 0.25) is 6.39 Å². The van der Waals surface area contributed by atoms with Gasteiger partial charge >= 0.3 is 0 Å². The van der Waals surface area contributed by atoms with Crippen LogP contribution in [-0.4, -0.2) is 27.5 Å². The van der Waals surface area contributed by atoms with Crippen LogP contribution in [0.3, 0.4) is 0 Å². The molecule has 0 aliphatic carbocycles. The molecule has 0 fully saturated rings. The molecule has 1 aromatic heterocycles. The molecule has 0 bridgehead atoms. The second-order valence-corrected chi connectivity index (χ2v) is 4.02. The van der Waals surface area contributed by atoms with Crippen molar-refractivity contribution in [2.45, 2.75) is 13.5 Å². The Hall–Kier alpha value is -2.97. The van der Waals surface area contributed by atoms with Crippen LogP contribution in [0.15, 0.2) is 29.1 Å². The third-order valence-corrected chi connectivity index (χ3v) is 2.65. The Morgan fingerprint density at radius 2 is 2.29 bits per heavy atom. The Morgan fingerprint density at radius 3 is 2.90 bits per heavy atom. The van der Waals surface area contributed by atoms with E-state index in [0.717, 1.165) is 6.39 Å². The summed E-state index contributed by atoms with van der Waals surface area (Å²) in [7, 11) is 0. The van der Waals surface area contributed by atoms with Crippen LogP contribution in [0.2, 0.25) is 0 Å². The number of nitrogens with zero attached hydrogens (tertiary/aromatic N) is 3. The maximum atomic E-state index is 12.2. The van der Waals surface area contributed by atoms with E-state index in [0.29, 0.717) is 12.4 Å². The summed E-state index contributed by atoms with van der Waals surface area (Å²) in [6.45, 7) is 2.32. The van der Waals surface area contributed by atoms with Crippen LogP contribution in [0.1, 0.15) is 23.1 Å². The first kappa shape index (κ1) is 14.4. The van der Waals surface area contributed by atoms with Crippen molar-refractivity contribution in [3.8, 4) is 0 Å². The number of rotatable bonds is 6. The van der Waals surface area contributed by atoms with E-state index < -0.39 is 10.8 Å². The number of nitro benzene ring substituents is 1. The van der Waals surface area contributed by atoms with Crippen molar-refractivity contribution < 1.29 is 14.2 Å². The van der Waals surface area contributed by atoms with Crippen molar-refractivity contribution in [1.82, 2.24) is 15.5 Å². The predicted octanol–water partition coefficient (Wildman–Crippen LogP) is 1.34. The number of hydrogen-bond donors (Lipinski definition) is 2. The Balaban J connectivity index is 2.23. The van der Waals surface area contributed by atoms with E-state index >= 15 is 0 Å². The molecule has 0 unspecified atom stereocenters. The molecule has 2 rings (SSSR count). The van der Waals surface area contributed by atoms with Crippen molar-refractivity contribution in [2.75, 3.05) is 11.9 Å². The van der Waals surface area contributed by atoms with Crippen LogP contribution in [0.25, 0.3) is 0 Å². The minimum absolute atomic E-state index is 0.0730. The number of benzene rings is 1. The molecule has 9 nitrogen and oxygen atoms in total. The summed E-state index contributed by atoms with van der Waals surface area (Å²) in [5.74, 6) is -0.141. The van der Waals surface area contributed by atoms with Crippen LogP contribution in [0.5, 0.6) is 0 Å². The van der Waals surface area contributed by atoms with E-state index in [-0.39, 0.29) is 23.5 Å². The molecular formula is C12H13N5O4. The molecule has 0 aliphatic heterocycles. The van der Waals surface area contributed by atoms with Gasteiger partial charge in [0.05, 0.1) is 17.0 Å². The van der Waals surface area contributed by atoms with E-state index in [1.165, 1.54) is 18.2 Å². The summed E-state index contributed by atoms with van der Waals surface area (Å²) in [6, 6.07) is 4.31. The number of carbonyl (C=O) groups excluding carboxylic acids is 1. The molecule has 1 aromatic carbocycles. The lowest BCUT2D eigenvalue weighted by Gasteiger charge is -2.10. The smallest absolute Gasteiger partial charge is 0.293 e. The molecule has 1 heterocycles. The first-order valence-electron chi connectivity index (χ1n) is 6.18. The average Bonchev–Trinajstić information content (AvgIpc) is 2.98. The Kier molecular flexibility index (Phi) is 4.44. The summed E-state index contributed by atoms with van der Waals surface area (Å²) >= 11 is 0. The summed E-state index contributed by atoms with van der Waals surface area (Å²) in [5.41, 5.74) is 0.231. The third-order valence-electron chi connectivity index (χ3n) is 2.65. The van der Waals surface area contributed by atoms with Crippen LogP contribution < -0.4 is 10.6 Å². The van der Waals surface area contributed by atoms with Gasteiger partial charge in [0.25, 0.3) is 11.6 Å². The number of aromatic nitrogens is 2. The molecule has 21 heavy (non-hydrogen) atoms. The molecule has 0 saturated heterocycles. The van der Waals surface area contributed by atoms with Crippen LogP contribution >= 0.6 is 0 Å². The molecule has 9 heteroatoms. The van der Waals surface area contributed by atoms with Crippen molar-refractivity contribution in [1.29, 1.82) is 0 Å². The zero-order valence-corrected chi connectivity index (χ0v) is 11.2.